The molecule has 1 amide bonds. The molecule has 0 spiro atoms. The van der Waals surface area contributed by atoms with E-state index in [1.165, 1.54) is 33.8 Å². The van der Waals surface area contributed by atoms with Crippen LogP contribution in [0.3, 0.4) is 0 Å². The first-order valence-electron chi connectivity index (χ1n) is 10.8. The van der Waals surface area contributed by atoms with Gasteiger partial charge in [0.25, 0.3) is 5.91 Å². The molecule has 34 heavy (non-hydrogen) atoms. The van der Waals surface area contributed by atoms with Crippen LogP contribution in [0, 0.1) is 32.1 Å². The number of thiophene rings is 1. The van der Waals surface area contributed by atoms with E-state index in [9.17, 15) is 18.5 Å². The van der Waals surface area contributed by atoms with Crippen molar-refractivity contribution in [3.8, 4) is 17.6 Å². The lowest BCUT2D eigenvalue weighted by molar-refractivity contribution is 0.0702. The van der Waals surface area contributed by atoms with E-state index in [0.717, 1.165) is 16.7 Å². The van der Waals surface area contributed by atoms with Crippen molar-refractivity contribution in [3.05, 3.63) is 75.0 Å². The summed E-state index contributed by atoms with van der Waals surface area (Å²) in [6.45, 7) is 6.69. The van der Waals surface area contributed by atoms with E-state index < -0.39 is 10.0 Å². The number of sulfonamides is 1. The van der Waals surface area contributed by atoms with E-state index in [4.69, 9.17) is 4.74 Å². The Morgan fingerprint density at radius 2 is 1.68 bits per heavy atom. The Hall–Kier alpha value is -3.19. The number of aryl methyl sites for hydroxylation is 3. The molecule has 0 bridgehead atoms. The van der Waals surface area contributed by atoms with E-state index in [-0.39, 0.29) is 35.2 Å². The molecule has 9 heteroatoms. The molecule has 3 aromatic rings. The van der Waals surface area contributed by atoms with Crippen molar-refractivity contribution in [1.29, 1.82) is 5.26 Å². The molecule has 0 aliphatic carbocycles. The second-order valence-electron chi connectivity index (χ2n) is 8.33. The van der Waals surface area contributed by atoms with Crippen LogP contribution in [-0.4, -0.2) is 49.7 Å². The molecule has 2 heterocycles. The molecule has 176 valence electrons. The highest BCUT2D eigenvalue weighted by molar-refractivity contribution is 7.89. The predicted octanol–water partition coefficient (Wildman–Crippen LogP) is 4.48. The third-order valence-electron chi connectivity index (χ3n) is 5.70. The van der Waals surface area contributed by atoms with E-state index >= 15 is 0 Å². The zero-order valence-electron chi connectivity index (χ0n) is 19.2. The van der Waals surface area contributed by atoms with Gasteiger partial charge >= 0.3 is 0 Å². The maximum Gasteiger partial charge on any atom is 0.264 e. The smallest absolute Gasteiger partial charge is 0.264 e. The Morgan fingerprint density at radius 3 is 2.26 bits per heavy atom. The largest absolute Gasteiger partial charge is 0.456 e. The molecule has 0 saturated carbocycles. The van der Waals surface area contributed by atoms with Crippen molar-refractivity contribution in [2.45, 2.75) is 25.7 Å². The molecule has 1 aliphatic heterocycles. The van der Waals surface area contributed by atoms with Crippen molar-refractivity contribution < 1.29 is 17.9 Å². The second-order valence-corrected chi connectivity index (χ2v) is 11.2. The van der Waals surface area contributed by atoms with Crippen LogP contribution in [0.25, 0.3) is 0 Å². The molecular formula is C25H25N3O4S2. The molecular weight excluding hydrogens is 470 g/mol. The van der Waals surface area contributed by atoms with Gasteiger partial charge in [-0.25, -0.2) is 8.42 Å². The molecule has 1 aliphatic rings. The van der Waals surface area contributed by atoms with Crippen molar-refractivity contribution in [2.75, 3.05) is 26.2 Å². The number of carbonyl (C=O) groups is 1. The van der Waals surface area contributed by atoms with Gasteiger partial charge in [0, 0.05) is 26.2 Å². The molecule has 0 atom stereocenters. The van der Waals surface area contributed by atoms with Gasteiger partial charge in [-0.1, -0.05) is 6.07 Å². The molecule has 2 aromatic carbocycles. The number of piperazine rings is 1. The number of hydrogen-bond acceptors (Lipinski definition) is 6. The van der Waals surface area contributed by atoms with Gasteiger partial charge < -0.3 is 9.64 Å². The Labute approximate surface area is 203 Å². The van der Waals surface area contributed by atoms with Crippen LogP contribution >= 0.6 is 11.3 Å². The molecule has 7 nitrogen and oxygen atoms in total. The number of ether oxygens (including phenoxy) is 1. The Bertz CT molecular complexity index is 1360. The summed E-state index contributed by atoms with van der Waals surface area (Å²) < 4.78 is 34.5. The van der Waals surface area contributed by atoms with E-state index in [1.54, 1.807) is 4.90 Å². The molecule has 1 fully saturated rings. The normalized spacial score (nSPS) is 14.6. The lowest BCUT2D eigenvalue weighted by Crippen LogP contribution is -2.50. The molecule has 0 unspecified atom stereocenters. The number of carbonyl (C=O) groups excluding carboxylic acids is 1. The highest BCUT2D eigenvalue weighted by Crippen LogP contribution is 2.33. The summed E-state index contributed by atoms with van der Waals surface area (Å²) >= 11 is 1.39. The molecule has 4 rings (SSSR count). The quantitative estimate of drug-likeness (QED) is 0.520. The first kappa shape index (κ1) is 24.0. The van der Waals surface area contributed by atoms with Gasteiger partial charge in [0.05, 0.1) is 16.5 Å². The van der Waals surface area contributed by atoms with Crippen LogP contribution in [-0.2, 0) is 10.0 Å². The number of rotatable bonds is 5. The number of nitriles is 1. The fourth-order valence-electron chi connectivity index (χ4n) is 3.99. The minimum Gasteiger partial charge on any atom is -0.456 e. The van der Waals surface area contributed by atoms with Crippen molar-refractivity contribution in [3.63, 3.8) is 0 Å². The average molecular weight is 496 g/mol. The molecule has 1 aromatic heterocycles. The summed E-state index contributed by atoms with van der Waals surface area (Å²) in [6.07, 6.45) is 0. The summed E-state index contributed by atoms with van der Waals surface area (Å²) in [5.74, 6) is 0.618. The van der Waals surface area contributed by atoms with Crippen LogP contribution in [0.2, 0.25) is 0 Å². The highest BCUT2D eigenvalue weighted by atomic mass is 32.2. The maximum atomic E-state index is 13.6. The second kappa shape index (κ2) is 9.58. The van der Waals surface area contributed by atoms with Gasteiger partial charge in [0.1, 0.15) is 16.4 Å². The minimum atomic E-state index is -3.95. The zero-order valence-corrected chi connectivity index (χ0v) is 20.9. The zero-order chi connectivity index (χ0) is 24.5. The topological polar surface area (TPSA) is 90.7 Å². The summed E-state index contributed by atoms with van der Waals surface area (Å²) in [7, 11) is -3.95. The number of nitrogens with zero attached hydrogens (tertiary/aromatic N) is 3. The van der Waals surface area contributed by atoms with Crippen LogP contribution in [0.5, 0.6) is 11.5 Å². The Kier molecular flexibility index (Phi) is 6.75. The number of benzene rings is 2. The Balaban J connectivity index is 1.59. The van der Waals surface area contributed by atoms with Crippen molar-refractivity contribution in [1.82, 2.24) is 9.21 Å². The van der Waals surface area contributed by atoms with Gasteiger partial charge in [-0.3, -0.25) is 4.79 Å². The van der Waals surface area contributed by atoms with Crippen LogP contribution in [0.15, 0.2) is 52.7 Å². The number of amides is 1. The van der Waals surface area contributed by atoms with Crippen molar-refractivity contribution in [2.24, 2.45) is 0 Å². The summed E-state index contributed by atoms with van der Waals surface area (Å²) in [5, 5.41) is 11.2. The lowest BCUT2D eigenvalue weighted by atomic mass is 10.1. The summed E-state index contributed by atoms with van der Waals surface area (Å²) in [6, 6.07) is 14.0. The first-order chi connectivity index (χ1) is 16.2. The Morgan fingerprint density at radius 1 is 1.00 bits per heavy atom. The van der Waals surface area contributed by atoms with E-state index in [1.807, 2.05) is 56.5 Å². The fourth-order valence-corrected chi connectivity index (χ4v) is 6.44. The minimum absolute atomic E-state index is 0.0559. The van der Waals surface area contributed by atoms with Crippen molar-refractivity contribution >= 4 is 27.3 Å². The van der Waals surface area contributed by atoms with E-state index in [2.05, 4.69) is 0 Å². The first-order valence-corrected chi connectivity index (χ1v) is 13.1. The SMILES string of the molecule is Cc1cc(C)cc(Oc2ccc(C#N)cc2S(=O)(=O)N2CCN(C(=O)c3sccc3C)CC2)c1. The third kappa shape index (κ3) is 4.85. The van der Waals surface area contributed by atoms with Gasteiger partial charge in [0.2, 0.25) is 10.0 Å². The average Bonchev–Trinajstić information content (AvgIpc) is 3.24. The fraction of sp³-hybridized carbons (Fsp3) is 0.280. The standard InChI is InChI=1S/C25H25N3O4S2/c1-17-12-18(2)14-21(13-17)32-22-5-4-20(16-26)15-23(22)34(30,31)28-9-7-27(8-10-28)25(29)24-19(3)6-11-33-24/h4-6,11-15H,7-10H2,1-3H3. The predicted molar refractivity (Wildman–Crippen MR) is 131 cm³/mol. The van der Waals surface area contributed by atoms with Crippen LogP contribution in [0.1, 0.15) is 31.9 Å². The molecule has 0 radical (unpaired) electrons. The van der Waals surface area contributed by atoms with Gasteiger partial charge in [-0.15, -0.1) is 11.3 Å². The summed E-state index contributed by atoms with van der Waals surface area (Å²) in [4.78, 5) is 15.1. The van der Waals surface area contributed by atoms with Crippen LogP contribution in [0.4, 0.5) is 0 Å². The highest BCUT2D eigenvalue weighted by Gasteiger charge is 2.33. The lowest BCUT2D eigenvalue weighted by Gasteiger charge is -2.34. The van der Waals surface area contributed by atoms with E-state index in [0.29, 0.717) is 23.7 Å². The molecule has 1 saturated heterocycles. The van der Waals surface area contributed by atoms with Crippen LogP contribution < -0.4 is 4.74 Å². The van der Waals surface area contributed by atoms with Gasteiger partial charge in [0.15, 0.2) is 0 Å². The maximum absolute atomic E-state index is 13.6. The monoisotopic (exact) mass is 495 g/mol. The van der Waals surface area contributed by atoms with Gasteiger partial charge in [-0.2, -0.15) is 9.57 Å². The number of hydrogen-bond donors (Lipinski definition) is 0. The summed E-state index contributed by atoms with van der Waals surface area (Å²) in [5.41, 5.74) is 3.14. The molecule has 0 N–H and O–H groups in total. The third-order valence-corrected chi connectivity index (χ3v) is 8.62. The van der Waals surface area contributed by atoms with Gasteiger partial charge in [-0.05, 0) is 79.2 Å².